The predicted molar refractivity (Wildman–Crippen MR) is 147 cm³/mol. The van der Waals surface area contributed by atoms with Crippen LogP contribution in [0, 0.1) is 10.1 Å². The molecule has 0 aromatic heterocycles. The molecule has 1 heterocycles. The van der Waals surface area contributed by atoms with Gasteiger partial charge in [-0.2, -0.15) is 5.01 Å². The van der Waals surface area contributed by atoms with Crippen LogP contribution in [0.3, 0.4) is 0 Å². The van der Waals surface area contributed by atoms with Crippen molar-refractivity contribution in [3.63, 3.8) is 0 Å². The number of methoxy groups -OCH3 is 1. The minimum Gasteiger partial charge on any atom is -0.497 e. The Labute approximate surface area is 229 Å². The lowest BCUT2D eigenvalue weighted by molar-refractivity contribution is -0.384. The van der Waals surface area contributed by atoms with Gasteiger partial charge in [-0.15, -0.1) is 0 Å². The van der Waals surface area contributed by atoms with E-state index in [1.165, 1.54) is 19.2 Å². The van der Waals surface area contributed by atoms with Crippen molar-refractivity contribution in [3.8, 4) is 11.5 Å². The van der Waals surface area contributed by atoms with Crippen LogP contribution in [0.15, 0.2) is 76.1 Å². The minimum atomic E-state index is -0.491. The van der Waals surface area contributed by atoms with Gasteiger partial charge in [-0.1, -0.05) is 27.7 Å². The molecule has 1 saturated heterocycles. The van der Waals surface area contributed by atoms with E-state index in [9.17, 15) is 19.7 Å². The van der Waals surface area contributed by atoms with E-state index in [2.05, 4.69) is 21.4 Å². The van der Waals surface area contributed by atoms with E-state index >= 15 is 0 Å². The first-order valence-electron chi connectivity index (χ1n) is 10.6. The van der Waals surface area contributed by atoms with Crippen molar-refractivity contribution in [1.29, 1.82) is 0 Å². The molecule has 1 fully saturated rings. The average Bonchev–Trinajstić information content (AvgIpc) is 3.15. The number of hydrogen-bond acceptors (Lipinski definition) is 8. The van der Waals surface area contributed by atoms with Crippen molar-refractivity contribution < 1.29 is 24.0 Å². The van der Waals surface area contributed by atoms with E-state index in [1.807, 2.05) is 0 Å². The van der Waals surface area contributed by atoms with Crippen LogP contribution < -0.4 is 14.9 Å². The van der Waals surface area contributed by atoms with E-state index in [0.29, 0.717) is 27.5 Å². The van der Waals surface area contributed by atoms with Crippen LogP contribution in [0.4, 0.5) is 5.69 Å². The topological polar surface area (TPSA) is 111 Å². The largest absolute Gasteiger partial charge is 0.497 e. The first-order valence-corrected chi connectivity index (χ1v) is 12.7. The fraction of sp³-hybridized carbons (Fsp3) is 0.0800. The molecule has 4 rings (SSSR count). The lowest BCUT2D eigenvalue weighted by Crippen LogP contribution is -2.44. The highest BCUT2D eigenvalue weighted by molar-refractivity contribution is 9.10. The number of nitrogens with one attached hydrogen (secondary N) is 1. The van der Waals surface area contributed by atoms with Crippen LogP contribution in [0.1, 0.15) is 21.5 Å². The summed E-state index contributed by atoms with van der Waals surface area (Å²) in [4.78, 5) is 36.4. The number of carbonyl (C=O) groups is 2. The Hall–Kier alpha value is -3.74. The van der Waals surface area contributed by atoms with Crippen molar-refractivity contribution in [2.45, 2.75) is 6.61 Å². The Morgan fingerprint density at radius 3 is 2.51 bits per heavy atom. The monoisotopic (exact) mass is 599 g/mol. The highest BCUT2D eigenvalue weighted by Gasteiger charge is 2.34. The number of thiocarbonyl (C=S) groups is 1. The van der Waals surface area contributed by atoms with E-state index < -0.39 is 16.7 Å². The summed E-state index contributed by atoms with van der Waals surface area (Å²) in [5.41, 5.74) is 4.23. The third-order valence-corrected chi connectivity index (χ3v) is 6.95. The molecule has 37 heavy (non-hydrogen) atoms. The van der Waals surface area contributed by atoms with Crippen molar-refractivity contribution >= 4 is 67.8 Å². The van der Waals surface area contributed by atoms with Crippen LogP contribution in [0.5, 0.6) is 11.5 Å². The van der Waals surface area contributed by atoms with Crippen LogP contribution in [-0.4, -0.2) is 33.2 Å². The molecule has 0 aliphatic carbocycles. The fourth-order valence-electron chi connectivity index (χ4n) is 3.25. The van der Waals surface area contributed by atoms with Crippen LogP contribution >= 0.6 is 39.9 Å². The van der Waals surface area contributed by atoms with Gasteiger partial charge < -0.3 is 9.47 Å². The molecular weight excluding hydrogens is 582 g/mol. The third-order valence-electron chi connectivity index (χ3n) is 5.16. The summed E-state index contributed by atoms with van der Waals surface area (Å²) in [6, 6.07) is 17.8. The number of nitro groups is 1. The lowest BCUT2D eigenvalue weighted by Gasteiger charge is -2.15. The molecule has 0 spiro atoms. The number of non-ortho nitro benzene ring substituents is 1. The first kappa shape index (κ1) is 26.3. The zero-order chi connectivity index (χ0) is 26.5. The van der Waals surface area contributed by atoms with E-state index in [4.69, 9.17) is 21.7 Å². The number of amides is 2. The second kappa shape index (κ2) is 11.5. The van der Waals surface area contributed by atoms with Crippen molar-refractivity contribution in [3.05, 3.63) is 103 Å². The van der Waals surface area contributed by atoms with Crippen molar-refractivity contribution in [2.24, 2.45) is 0 Å². The van der Waals surface area contributed by atoms with Gasteiger partial charge in [-0.05, 0) is 78.5 Å². The summed E-state index contributed by atoms with van der Waals surface area (Å²) in [6.45, 7) is 0.166. The molecular formula is C25H18BrN3O6S2. The van der Waals surface area contributed by atoms with Crippen molar-refractivity contribution in [1.82, 2.24) is 10.4 Å². The maximum atomic E-state index is 13.1. The summed E-state index contributed by atoms with van der Waals surface area (Å²) in [5.74, 6) is 0.132. The van der Waals surface area contributed by atoms with Gasteiger partial charge in [-0.25, -0.2) is 0 Å². The average molecular weight is 600 g/mol. The quantitative estimate of drug-likeness (QED) is 0.156. The number of hydrazine groups is 1. The Morgan fingerprint density at radius 1 is 1.16 bits per heavy atom. The zero-order valence-corrected chi connectivity index (χ0v) is 22.4. The van der Waals surface area contributed by atoms with Gasteiger partial charge in [0, 0.05) is 27.7 Å². The molecule has 1 N–H and O–H groups in total. The molecule has 3 aromatic carbocycles. The number of rotatable bonds is 8. The second-order valence-corrected chi connectivity index (χ2v) is 10.2. The number of ether oxygens (including phenoxy) is 2. The minimum absolute atomic E-state index is 0.00538. The van der Waals surface area contributed by atoms with Gasteiger partial charge in [0.05, 0.1) is 16.9 Å². The number of benzene rings is 3. The number of carbonyl (C=O) groups excluding carboxylic acids is 2. The molecule has 12 heteroatoms. The van der Waals surface area contributed by atoms with Gasteiger partial charge in [0.15, 0.2) is 4.32 Å². The smallest absolute Gasteiger partial charge is 0.285 e. The molecule has 2 amide bonds. The van der Waals surface area contributed by atoms with Crippen LogP contribution in [0.2, 0.25) is 0 Å². The lowest BCUT2D eigenvalue weighted by atomic mass is 10.1. The normalized spacial score (nSPS) is 14.1. The van der Waals surface area contributed by atoms with Gasteiger partial charge in [0.2, 0.25) is 0 Å². The first-order chi connectivity index (χ1) is 17.7. The van der Waals surface area contributed by atoms with Gasteiger partial charge in [0.25, 0.3) is 17.5 Å². The molecule has 188 valence electrons. The Morgan fingerprint density at radius 2 is 1.86 bits per heavy atom. The standard InChI is InChI=1S/C25H18BrN3O6S2/c1-34-20-9-4-16(5-10-20)23(30)27-28-24(31)22(37-25(28)36)13-17-12-18(26)6-11-21(17)35-14-15-2-7-19(8-3-15)29(32)33/h2-13H,14H2,1H3,(H,27,30)/b22-13-. The molecule has 0 radical (unpaired) electrons. The second-order valence-electron chi connectivity index (χ2n) is 7.58. The van der Waals surface area contributed by atoms with Crippen molar-refractivity contribution in [2.75, 3.05) is 7.11 Å². The number of nitrogens with zero attached hydrogens (tertiary/aromatic N) is 2. The molecule has 0 bridgehead atoms. The van der Waals surface area contributed by atoms with Crippen LogP contribution in [-0.2, 0) is 11.4 Å². The summed E-state index contributed by atoms with van der Waals surface area (Å²) in [6.07, 6.45) is 1.63. The predicted octanol–water partition coefficient (Wildman–Crippen LogP) is 5.49. The van der Waals surface area contributed by atoms with Gasteiger partial charge in [-0.3, -0.25) is 25.1 Å². The summed E-state index contributed by atoms with van der Waals surface area (Å²) in [5, 5.41) is 11.9. The maximum absolute atomic E-state index is 13.1. The number of nitro benzene ring substituents is 1. The highest BCUT2D eigenvalue weighted by Crippen LogP contribution is 2.34. The summed E-state index contributed by atoms with van der Waals surface area (Å²) < 4.78 is 12.0. The number of hydrogen-bond donors (Lipinski definition) is 1. The number of halogens is 1. The molecule has 1 aliphatic heterocycles. The SMILES string of the molecule is COc1ccc(C(=O)NN2C(=O)/C(=C/c3cc(Br)ccc3OCc3ccc([N+](=O)[O-])cc3)SC2=S)cc1. The Bertz CT molecular complexity index is 1410. The van der Waals surface area contributed by atoms with E-state index in [-0.39, 0.29) is 16.6 Å². The van der Waals surface area contributed by atoms with Gasteiger partial charge >= 0.3 is 0 Å². The summed E-state index contributed by atoms with van der Waals surface area (Å²) in [7, 11) is 1.53. The van der Waals surface area contributed by atoms with Gasteiger partial charge in [0.1, 0.15) is 18.1 Å². The molecule has 0 saturated carbocycles. The highest BCUT2D eigenvalue weighted by atomic mass is 79.9. The molecule has 0 atom stereocenters. The van der Waals surface area contributed by atoms with E-state index in [0.717, 1.165) is 26.8 Å². The van der Waals surface area contributed by atoms with Crippen LogP contribution in [0.25, 0.3) is 6.08 Å². The third kappa shape index (κ3) is 6.34. The zero-order valence-electron chi connectivity index (χ0n) is 19.2. The molecule has 1 aliphatic rings. The Kier molecular flexibility index (Phi) is 8.21. The Balaban J connectivity index is 1.49. The van der Waals surface area contributed by atoms with E-state index in [1.54, 1.807) is 60.7 Å². The molecule has 0 unspecified atom stereocenters. The summed E-state index contributed by atoms with van der Waals surface area (Å²) >= 11 is 9.81. The molecule has 9 nitrogen and oxygen atoms in total. The number of thioether (sulfide) groups is 1. The molecule has 3 aromatic rings. The maximum Gasteiger partial charge on any atom is 0.285 e. The fourth-order valence-corrected chi connectivity index (χ4v) is 4.80.